The molecule has 0 spiro atoms. The first-order chi connectivity index (χ1) is 11.6. The van der Waals surface area contributed by atoms with E-state index in [0.29, 0.717) is 19.1 Å². The van der Waals surface area contributed by atoms with Gasteiger partial charge in [-0.25, -0.2) is 9.97 Å². The zero-order valence-electron chi connectivity index (χ0n) is 14.0. The number of amides is 1. The predicted molar refractivity (Wildman–Crippen MR) is 92.6 cm³/mol. The van der Waals surface area contributed by atoms with Crippen LogP contribution in [0.2, 0.25) is 0 Å². The molecule has 0 unspecified atom stereocenters. The van der Waals surface area contributed by atoms with Crippen molar-refractivity contribution < 1.29 is 9.53 Å². The molecule has 0 aliphatic carbocycles. The molecule has 1 aromatic heterocycles. The number of aryl methyl sites for hydroxylation is 2. The van der Waals surface area contributed by atoms with Gasteiger partial charge in [0.1, 0.15) is 6.10 Å². The number of aromatic nitrogens is 2. The zero-order chi connectivity index (χ0) is 16.9. The van der Waals surface area contributed by atoms with E-state index < -0.39 is 0 Å². The van der Waals surface area contributed by atoms with E-state index in [1.54, 1.807) is 11.0 Å². The first kappa shape index (κ1) is 16.2. The highest BCUT2D eigenvalue weighted by molar-refractivity contribution is 5.92. The van der Waals surface area contributed by atoms with Crippen LogP contribution in [0, 0.1) is 13.8 Å². The van der Waals surface area contributed by atoms with Gasteiger partial charge in [0.25, 0.3) is 0 Å². The topological polar surface area (TPSA) is 55.3 Å². The highest BCUT2D eigenvalue weighted by Crippen LogP contribution is 2.16. The fourth-order valence-electron chi connectivity index (χ4n) is 2.76. The average molecular weight is 323 g/mol. The van der Waals surface area contributed by atoms with Gasteiger partial charge in [-0.3, -0.25) is 4.79 Å². The van der Waals surface area contributed by atoms with Crippen LogP contribution in [0.25, 0.3) is 6.08 Å². The van der Waals surface area contributed by atoms with Gasteiger partial charge >= 0.3 is 6.01 Å². The van der Waals surface area contributed by atoms with E-state index in [-0.39, 0.29) is 12.0 Å². The molecule has 24 heavy (non-hydrogen) atoms. The maximum atomic E-state index is 12.3. The lowest BCUT2D eigenvalue weighted by Gasteiger charge is -2.15. The summed E-state index contributed by atoms with van der Waals surface area (Å²) in [4.78, 5) is 22.7. The van der Waals surface area contributed by atoms with Gasteiger partial charge in [-0.05, 0) is 31.6 Å². The first-order valence-corrected chi connectivity index (χ1v) is 8.11. The molecule has 1 aliphatic rings. The molecule has 1 saturated heterocycles. The lowest BCUT2D eigenvalue weighted by molar-refractivity contribution is -0.125. The van der Waals surface area contributed by atoms with Crippen LogP contribution >= 0.6 is 0 Å². The molecular formula is C19H21N3O2. The van der Waals surface area contributed by atoms with Crippen molar-refractivity contribution >= 4 is 12.0 Å². The van der Waals surface area contributed by atoms with Gasteiger partial charge < -0.3 is 9.64 Å². The fourth-order valence-corrected chi connectivity index (χ4v) is 2.76. The molecule has 0 saturated carbocycles. The molecule has 2 aromatic rings. The monoisotopic (exact) mass is 323 g/mol. The molecule has 2 heterocycles. The quantitative estimate of drug-likeness (QED) is 0.812. The van der Waals surface area contributed by atoms with Gasteiger partial charge in [-0.1, -0.05) is 30.3 Å². The van der Waals surface area contributed by atoms with Crippen molar-refractivity contribution in [2.75, 3.05) is 13.1 Å². The number of rotatable bonds is 4. The van der Waals surface area contributed by atoms with Crippen LogP contribution in [0.4, 0.5) is 0 Å². The van der Waals surface area contributed by atoms with E-state index in [2.05, 4.69) is 9.97 Å². The van der Waals surface area contributed by atoms with Crippen LogP contribution in [0.1, 0.15) is 23.4 Å². The summed E-state index contributed by atoms with van der Waals surface area (Å²) in [5.41, 5.74) is 2.78. The van der Waals surface area contributed by atoms with Gasteiger partial charge in [0.05, 0.1) is 6.54 Å². The van der Waals surface area contributed by atoms with Gasteiger partial charge in [0.15, 0.2) is 0 Å². The lowest BCUT2D eigenvalue weighted by atomic mass is 10.2. The standard InChI is InChI=1S/C19H21N3O2/c1-14-12-15(2)21-19(20-14)24-17-10-11-22(13-17)18(23)9-8-16-6-4-3-5-7-16/h3-9,12,17H,10-11,13H2,1-2H3/b9-8+/t17-/m0/s1. The number of carbonyl (C=O) groups excluding carboxylic acids is 1. The molecule has 3 rings (SSSR count). The van der Waals surface area contributed by atoms with Crippen molar-refractivity contribution in [3.05, 3.63) is 59.4 Å². The number of hydrogen-bond acceptors (Lipinski definition) is 4. The summed E-state index contributed by atoms with van der Waals surface area (Å²) in [6.45, 7) is 5.09. The summed E-state index contributed by atoms with van der Waals surface area (Å²) >= 11 is 0. The lowest BCUT2D eigenvalue weighted by Crippen LogP contribution is -2.29. The second-order valence-electron chi connectivity index (χ2n) is 5.99. The molecule has 1 aliphatic heterocycles. The number of benzene rings is 1. The van der Waals surface area contributed by atoms with Crippen molar-refractivity contribution in [2.45, 2.75) is 26.4 Å². The molecule has 0 radical (unpaired) electrons. The maximum Gasteiger partial charge on any atom is 0.317 e. The van der Waals surface area contributed by atoms with Gasteiger partial charge in [-0.15, -0.1) is 0 Å². The fraction of sp³-hybridized carbons (Fsp3) is 0.316. The first-order valence-electron chi connectivity index (χ1n) is 8.11. The van der Waals surface area contributed by atoms with Crippen molar-refractivity contribution in [3.8, 4) is 6.01 Å². The number of nitrogens with zero attached hydrogens (tertiary/aromatic N) is 3. The normalized spacial score (nSPS) is 17.4. The Hall–Kier alpha value is -2.69. The van der Waals surface area contributed by atoms with Crippen molar-refractivity contribution in [3.63, 3.8) is 0 Å². The van der Waals surface area contributed by atoms with Crippen LogP contribution in [-0.4, -0.2) is 40.0 Å². The highest BCUT2D eigenvalue weighted by atomic mass is 16.5. The van der Waals surface area contributed by atoms with Crippen LogP contribution in [0.3, 0.4) is 0 Å². The number of ether oxygens (including phenoxy) is 1. The third-order valence-corrected chi connectivity index (χ3v) is 3.91. The summed E-state index contributed by atoms with van der Waals surface area (Å²) in [6, 6.07) is 12.1. The van der Waals surface area contributed by atoms with Gasteiger partial charge in [0, 0.05) is 30.4 Å². The van der Waals surface area contributed by atoms with Crippen molar-refractivity contribution in [2.24, 2.45) is 0 Å². The smallest absolute Gasteiger partial charge is 0.317 e. The molecule has 5 nitrogen and oxygen atoms in total. The second-order valence-corrected chi connectivity index (χ2v) is 5.99. The summed E-state index contributed by atoms with van der Waals surface area (Å²) < 4.78 is 5.84. The number of likely N-dealkylation sites (tertiary alicyclic amines) is 1. The average Bonchev–Trinajstić information content (AvgIpc) is 3.01. The number of hydrogen-bond donors (Lipinski definition) is 0. The number of carbonyl (C=O) groups is 1. The molecule has 0 bridgehead atoms. The third kappa shape index (κ3) is 4.19. The minimum absolute atomic E-state index is 0.00583. The Morgan fingerprint density at radius 2 is 1.92 bits per heavy atom. The summed E-state index contributed by atoms with van der Waals surface area (Å²) in [7, 11) is 0. The minimum atomic E-state index is -0.0553. The Balaban J connectivity index is 1.56. The Bertz CT molecular complexity index is 723. The molecule has 1 fully saturated rings. The van der Waals surface area contributed by atoms with E-state index in [0.717, 1.165) is 23.4 Å². The molecule has 1 amide bonds. The maximum absolute atomic E-state index is 12.3. The molecule has 1 atom stereocenters. The molecule has 1 aromatic carbocycles. The molecule has 0 N–H and O–H groups in total. The summed E-state index contributed by atoms with van der Waals surface area (Å²) in [6.07, 6.45) is 4.19. The third-order valence-electron chi connectivity index (χ3n) is 3.91. The van der Waals surface area contributed by atoms with Crippen molar-refractivity contribution in [1.29, 1.82) is 0 Å². The van der Waals surface area contributed by atoms with E-state index in [1.807, 2.05) is 56.3 Å². The zero-order valence-corrected chi connectivity index (χ0v) is 14.0. The van der Waals surface area contributed by atoms with Crippen LogP contribution < -0.4 is 4.74 Å². The largest absolute Gasteiger partial charge is 0.458 e. The van der Waals surface area contributed by atoms with Crippen molar-refractivity contribution in [1.82, 2.24) is 14.9 Å². The van der Waals surface area contributed by atoms with E-state index in [1.165, 1.54) is 0 Å². The van der Waals surface area contributed by atoms with Gasteiger partial charge in [0.2, 0.25) is 5.91 Å². The Morgan fingerprint density at radius 3 is 2.62 bits per heavy atom. The van der Waals surface area contributed by atoms with E-state index in [4.69, 9.17) is 4.74 Å². The summed E-state index contributed by atoms with van der Waals surface area (Å²) in [5, 5.41) is 0. The SMILES string of the molecule is Cc1cc(C)nc(O[C@H]2CCN(C(=O)/C=C/c3ccccc3)C2)n1. The predicted octanol–water partition coefficient (Wildman–Crippen LogP) is 2.79. The van der Waals surface area contributed by atoms with Crippen LogP contribution in [0.5, 0.6) is 6.01 Å². The van der Waals surface area contributed by atoms with E-state index in [9.17, 15) is 4.79 Å². The van der Waals surface area contributed by atoms with E-state index >= 15 is 0 Å². The van der Waals surface area contributed by atoms with Crippen LogP contribution in [0.15, 0.2) is 42.5 Å². The minimum Gasteiger partial charge on any atom is -0.458 e. The Kier molecular flexibility index (Phi) is 4.89. The summed E-state index contributed by atoms with van der Waals surface area (Å²) in [5.74, 6) is 0.00583. The molecule has 124 valence electrons. The highest BCUT2D eigenvalue weighted by Gasteiger charge is 2.27. The van der Waals surface area contributed by atoms with Gasteiger partial charge in [-0.2, -0.15) is 0 Å². The Morgan fingerprint density at radius 1 is 1.21 bits per heavy atom. The molecular weight excluding hydrogens is 302 g/mol. The Labute approximate surface area is 142 Å². The second kappa shape index (κ2) is 7.25. The van der Waals surface area contributed by atoms with Crippen LogP contribution in [-0.2, 0) is 4.79 Å². The molecule has 5 heteroatoms.